The van der Waals surface area contributed by atoms with Gasteiger partial charge < -0.3 is 9.67 Å². The summed E-state index contributed by atoms with van der Waals surface area (Å²) in [7, 11) is 0. The van der Waals surface area contributed by atoms with E-state index in [9.17, 15) is 0 Å². The largest absolute Gasteiger partial charge is 0.390 e. The van der Waals surface area contributed by atoms with E-state index in [1.807, 2.05) is 23.0 Å². The Kier molecular flexibility index (Phi) is 1.82. The minimum Gasteiger partial charge on any atom is -0.390 e. The van der Waals surface area contributed by atoms with E-state index in [-0.39, 0.29) is 6.61 Å². The van der Waals surface area contributed by atoms with Crippen molar-refractivity contribution in [2.24, 2.45) is 0 Å². The molecule has 0 bridgehead atoms. The molecular formula is C11H11N3O. The zero-order chi connectivity index (χ0) is 10.3. The summed E-state index contributed by atoms with van der Waals surface area (Å²) in [5, 5.41) is 9.14. The van der Waals surface area contributed by atoms with Gasteiger partial charge in [0.1, 0.15) is 0 Å². The molecule has 3 rings (SSSR count). The molecule has 2 aromatic heterocycles. The number of nitrogens with zero attached hydrogens (tertiary/aromatic N) is 3. The lowest BCUT2D eigenvalue weighted by atomic mass is 10.0. The first-order valence-corrected chi connectivity index (χ1v) is 4.99. The van der Waals surface area contributed by atoms with E-state index < -0.39 is 0 Å². The molecule has 0 amide bonds. The second kappa shape index (κ2) is 3.17. The third kappa shape index (κ3) is 1.18. The van der Waals surface area contributed by atoms with Crippen LogP contribution in [0.3, 0.4) is 0 Å². The van der Waals surface area contributed by atoms with Gasteiger partial charge in [-0.05, 0) is 24.5 Å². The summed E-state index contributed by atoms with van der Waals surface area (Å²) in [6, 6.07) is 2.04. The number of fused-ring (bicyclic) bond motifs is 3. The van der Waals surface area contributed by atoms with Crippen LogP contribution in [0.2, 0.25) is 0 Å². The maximum atomic E-state index is 9.14. The Bertz CT molecular complexity index is 504. The van der Waals surface area contributed by atoms with Crippen molar-refractivity contribution < 1.29 is 5.11 Å². The number of hydrogen-bond acceptors (Lipinski definition) is 3. The lowest BCUT2D eigenvalue weighted by Gasteiger charge is -2.18. The average Bonchev–Trinajstić information content (AvgIpc) is 2.72. The van der Waals surface area contributed by atoms with Crippen LogP contribution in [0, 0.1) is 0 Å². The molecule has 0 fully saturated rings. The van der Waals surface area contributed by atoms with E-state index in [0.717, 1.165) is 29.9 Å². The first-order valence-electron chi connectivity index (χ1n) is 4.99. The summed E-state index contributed by atoms with van der Waals surface area (Å²) >= 11 is 0. The molecule has 0 saturated carbocycles. The smallest absolute Gasteiger partial charge is 0.0999 e. The van der Waals surface area contributed by atoms with E-state index in [1.165, 1.54) is 5.56 Å². The number of aliphatic hydroxyl groups excluding tert-OH is 1. The minimum absolute atomic E-state index is 0.0118. The van der Waals surface area contributed by atoms with Gasteiger partial charge in [0.2, 0.25) is 0 Å². The standard InChI is InChI=1S/C11H11N3O/c15-6-9-10-2-1-8-3-4-12-5-11(8)14(10)7-13-9/h3-5,7,15H,1-2,6H2. The highest BCUT2D eigenvalue weighted by Gasteiger charge is 2.18. The first-order chi connectivity index (χ1) is 7.40. The zero-order valence-electron chi connectivity index (χ0n) is 8.22. The van der Waals surface area contributed by atoms with Crippen molar-refractivity contribution in [1.82, 2.24) is 14.5 Å². The quantitative estimate of drug-likeness (QED) is 0.744. The number of imidazole rings is 1. The van der Waals surface area contributed by atoms with Gasteiger partial charge in [0.25, 0.3) is 0 Å². The van der Waals surface area contributed by atoms with Crippen LogP contribution in [0.1, 0.15) is 17.0 Å². The van der Waals surface area contributed by atoms with Crippen LogP contribution in [-0.4, -0.2) is 19.6 Å². The van der Waals surface area contributed by atoms with Crippen molar-refractivity contribution in [2.75, 3.05) is 0 Å². The van der Waals surface area contributed by atoms with Gasteiger partial charge >= 0.3 is 0 Å². The van der Waals surface area contributed by atoms with Crippen molar-refractivity contribution in [1.29, 1.82) is 0 Å². The molecule has 1 aliphatic heterocycles. The number of aryl methyl sites for hydroxylation is 1. The molecule has 0 spiro atoms. The maximum absolute atomic E-state index is 9.14. The first kappa shape index (κ1) is 8.61. The summed E-state index contributed by atoms with van der Waals surface area (Å²) < 4.78 is 2.03. The van der Waals surface area contributed by atoms with Gasteiger partial charge in [0.15, 0.2) is 0 Å². The lowest BCUT2D eigenvalue weighted by molar-refractivity contribution is 0.276. The number of rotatable bonds is 1. The molecule has 0 radical (unpaired) electrons. The highest BCUT2D eigenvalue weighted by atomic mass is 16.3. The van der Waals surface area contributed by atoms with Crippen molar-refractivity contribution in [3.8, 4) is 5.69 Å². The van der Waals surface area contributed by atoms with Gasteiger partial charge in [-0.15, -0.1) is 0 Å². The third-order valence-electron chi connectivity index (χ3n) is 2.88. The van der Waals surface area contributed by atoms with Gasteiger partial charge in [0.05, 0.1) is 30.5 Å². The van der Waals surface area contributed by atoms with Crippen LogP contribution in [0.25, 0.3) is 5.69 Å². The van der Waals surface area contributed by atoms with Gasteiger partial charge in [-0.3, -0.25) is 4.98 Å². The van der Waals surface area contributed by atoms with E-state index >= 15 is 0 Å². The predicted molar refractivity (Wildman–Crippen MR) is 54.7 cm³/mol. The van der Waals surface area contributed by atoms with E-state index in [1.54, 1.807) is 6.33 Å². The van der Waals surface area contributed by atoms with Crippen molar-refractivity contribution >= 4 is 0 Å². The fourth-order valence-corrected chi connectivity index (χ4v) is 2.11. The molecule has 4 nitrogen and oxygen atoms in total. The highest BCUT2D eigenvalue weighted by Crippen LogP contribution is 2.25. The van der Waals surface area contributed by atoms with Gasteiger partial charge in [-0.2, -0.15) is 0 Å². The minimum atomic E-state index is 0.0118. The fourth-order valence-electron chi connectivity index (χ4n) is 2.11. The molecular weight excluding hydrogens is 190 g/mol. The Morgan fingerprint density at radius 3 is 3.20 bits per heavy atom. The van der Waals surface area contributed by atoms with E-state index in [4.69, 9.17) is 5.11 Å². The second-order valence-electron chi connectivity index (χ2n) is 3.67. The molecule has 1 aliphatic rings. The molecule has 0 saturated heterocycles. The highest BCUT2D eigenvalue weighted by molar-refractivity contribution is 5.44. The molecule has 0 aromatic carbocycles. The van der Waals surface area contributed by atoms with Crippen LogP contribution < -0.4 is 0 Å². The number of hydrogen-bond donors (Lipinski definition) is 1. The van der Waals surface area contributed by atoms with Gasteiger partial charge in [-0.1, -0.05) is 0 Å². The summed E-state index contributed by atoms with van der Waals surface area (Å²) in [6.07, 6.45) is 7.36. The number of aromatic nitrogens is 3. The Balaban J connectivity index is 2.22. The predicted octanol–water partition coefficient (Wildman–Crippen LogP) is 0.858. The summed E-state index contributed by atoms with van der Waals surface area (Å²) in [6.45, 7) is 0.0118. The topological polar surface area (TPSA) is 50.9 Å². The summed E-state index contributed by atoms with van der Waals surface area (Å²) in [5.74, 6) is 0. The number of pyridine rings is 1. The molecule has 2 aromatic rings. The van der Waals surface area contributed by atoms with Crippen molar-refractivity contribution in [3.63, 3.8) is 0 Å². The normalized spacial score (nSPS) is 13.4. The molecule has 0 atom stereocenters. The SMILES string of the molecule is OCc1ncn2c1CCc1ccncc1-2. The fraction of sp³-hybridized carbons (Fsp3) is 0.273. The molecule has 1 N–H and O–H groups in total. The molecule has 76 valence electrons. The van der Waals surface area contributed by atoms with E-state index in [0.29, 0.717) is 0 Å². The zero-order valence-corrected chi connectivity index (χ0v) is 8.22. The Morgan fingerprint density at radius 2 is 2.33 bits per heavy atom. The second-order valence-corrected chi connectivity index (χ2v) is 3.67. The Hall–Kier alpha value is -1.68. The van der Waals surface area contributed by atoms with Crippen molar-refractivity contribution in [2.45, 2.75) is 19.4 Å². The average molecular weight is 201 g/mol. The lowest BCUT2D eigenvalue weighted by Crippen LogP contribution is -2.12. The summed E-state index contributed by atoms with van der Waals surface area (Å²) in [4.78, 5) is 8.32. The number of aliphatic hydroxyl groups is 1. The Labute approximate surface area is 87.2 Å². The van der Waals surface area contributed by atoms with Gasteiger partial charge in [0, 0.05) is 11.9 Å². The van der Waals surface area contributed by atoms with Gasteiger partial charge in [-0.25, -0.2) is 4.98 Å². The monoisotopic (exact) mass is 201 g/mol. The van der Waals surface area contributed by atoms with Crippen LogP contribution >= 0.6 is 0 Å². The Morgan fingerprint density at radius 1 is 1.40 bits per heavy atom. The summed E-state index contributed by atoms with van der Waals surface area (Å²) in [5.41, 5.74) is 4.27. The van der Waals surface area contributed by atoms with Crippen LogP contribution in [0.15, 0.2) is 24.8 Å². The van der Waals surface area contributed by atoms with Crippen LogP contribution in [0.5, 0.6) is 0 Å². The van der Waals surface area contributed by atoms with Crippen LogP contribution in [-0.2, 0) is 19.4 Å². The molecule has 4 heteroatoms. The van der Waals surface area contributed by atoms with Crippen molar-refractivity contribution in [3.05, 3.63) is 41.7 Å². The molecule has 15 heavy (non-hydrogen) atoms. The van der Waals surface area contributed by atoms with Crippen LogP contribution in [0.4, 0.5) is 0 Å². The third-order valence-corrected chi connectivity index (χ3v) is 2.88. The molecule has 0 unspecified atom stereocenters. The molecule has 0 aliphatic carbocycles. The van der Waals surface area contributed by atoms with E-state index in [2.05, 4.69) is 9.97 Å². The molecule has 3 heterocycles. The maximum Gasteiger partial charge on any atom is 0.0999 e.